The van der Waals surface area contributed by atoms with E-state index >= 15 is 0 Å². The number of aliphatic hydroxyl groups is 1. The van der Waals surface area contributed by atoms with Crippen molar-refractivity contribution in [3.63, 3.8) is 0 Å². The van der Waals surface area contributed by atoms with Crippen molar-refractivity contribution in [1.29, 1.82) is 0 Å². The standard InChI is InChI=1S/C31H33N7O3S/c1-21-32-27-17-24(11-12-28(27)42-21)40-20-23(39)18-37-13-15-38(16-14-37)19-29-33-30(36-41-29)31(22-7-3-2-4-8-22)34-25-9-5-6-10-26(25)35-31/h2-12,17,23,34-35,39H,13-16,18-20H2,1H3/t23-/m0/s1. The summed E-state index contributed by atoms with van der Waals surface area (Å²) in [5.74, 6) is 1.86. The molecule has 0 spiro atoms. The maximum absolute atomic E-state index is 10.6. The zero-order valence-electron chi connectivity index (χ0n) is 23.4. The largest absolute Gasteiger partial charge is 0.491 e. The molecule has 42 heavy (non-hydrogen) atoms. The number of aromatic nitrogens is 3. The van der Waals surface area contributed by atoms with Gasteiger partial charge in [-0.05, 0) is 31.2 Å². The molecule has 0 amide bonds. The Morgan fingerprint density at radius 3 is 2.43 bits per heavy atom. The van der Waals surface area contributed by atoms with Crippen molar-refractivity contribution in [3.05, 3.63) is 95.1 Å². The van der Waals surface area contributed by atoms with E-state index < -0.39 is 11.8 Å². The minimum atomic E-state index is -0.811. The van der Waals surface area contributed by atoms with Crippen LogP contribution in [-0.4, -0.2) is 75.5 Å². The second kappa shape index (κ2) is 11.3. The van der Waals surface area contributed by atoms with Crippen molar-refractivity contribution in [2.24, 2.45) is 0 Å². The van der Waals surface area contributed by atoms with Crippen LogP contribution in [-0.2, 0) is 12.2 Å². The number of para-hydroxylation sites is 2. The Balaban J connectivity index is 0.933. The Morgan fingerprint density at radius 2 is 1.67 bits per heavy atom. The first kappa shape index (κ1) is 26.8. The van der Waals surface area contributed by atoms with Crippen LogP contribution in [0.2, 0.25) is 0 Å². The Kier molecular flexibility index (Phi) is 7.24. The molecule has 0 radical (unpaired) electrons. The van der Waals surface area contributed by atoms with Gasteiger partial charge in [-0.15, -0.1) is 11.3 Å². The number of aliphatic hydroxyl groups excluding tert-OH is 1. The van der Waals surface area contributed by atoms with Crippen LogP contribution in [0.5, 0.6) is 5.75 Å². The number of anilines is 2. The molecule has 0 bridgehead atoms. The summed E-state index contributed by atoms with van der Waals surface area (Å²) in [7, 11) is 0. The molecule has 0 aliphatic carbocycles. The molecule has 216 valence electrons. The van der Waals surface area contributed by atoms with Crippen LogP contribution in [0, 0.1) is 6.92 Å². The van der Waals surface area contributed by atoms with Crippen molar-refractivity contribution in [2.75, 3.05) is 50.0 Å². The van der Waals surface area contributed by atoms with E-state index in [2.05, 4.69) is 42.7 Å². The molecule has 3 aromatic carbocycles. The average molecular weight is 584 g/mol. The molecule has 11 heteroatoms. The Labute approximate surface area is 247 Å². The van der Waals surface area contributed by atoms with E-state index in [4.69, 9.17) is 14.2 Å². The minimum Gasteiger partial charge on any atom is -0.491 e. The lowest BCUT2D eigenvalue weighted by atomic mass is 9.99. The lowest BCUT2D eigenvalue weighted by Crippen LogP contribution is -2.48. The van der Waals surface area contributed by atoms with Crippen LogP contribution in [0.15, 0.2) is 77.3 Å². The van der Waals surface area contributed by atoms with Crippen molar-refractivity contribution in [2.45, 2.75) is 25.2 Å². The van der Waals surface area contributed by atoms with Crippen LogP contribution < -0.4 is 15.4 Å². The summed E-state index contributed by atoms with van der Waals surface area (Å²) in [5.41, 5.74) is 3.11. The number of thiazole rings is 1. The highest BCUT2D eigenvalue weighted by atomic mass is 32.1. The second-order valence-corrected chi connectivity index (χ2v) is 12.1. The highest BCUT2D eigenvalue weighted by Crippen LogP contribution is 2.42. The number of piperazine rings is 1. The maximum Gasteiger partial charge on any atom is 0.240 e. The predicted octanol–water partition coefficient (Wildman–Crippen LogP) is 4.28. The molecule has 4 heterocycles. The van der Waals surface area contributed by atoms with Gasteiger partial charge in [0.15, 0.2) is 5.66 Å². The molecule has 7 rings (SSSR count). The van der Waals surface area contributed by atoms with Gasteiger partial charge in [-0.2, -0.15) is 4.98 Å². The molecule has 1 saturated heterocycles. The summed E-state index contributed by atoms with van der Waals surface area (Å²) >= 11 is 1.67. The smallest absolute Gasteiger partial charge is 0.240 e. The molecule has 3 N–H and O–H groups in total. The van der Waals surface area contributed by atoms with Crippen LogP contribution >= 0.6 is 11.3 Å². The topological polar surface area (TPSA) is 112 Å². The number of nitrogens with one attached hydrogen (secondary N) is 2. The normalized spacial score (nSPS) is 17.5. The molecule has 1 atom stereocenters. The summed E-state index contributed by atoms with van der Waals surface area (Å²) in [6.45, 7) is 6.75. The third kappa shape index (κ3) is 5.43. The van der Waals surface area contributed by atoms with Crippen molar-refractivity contribution >= 4 is 32.9 Å². The first-order chi connectivity index (χ1) is 20.5. The van der Waals surface area contributed by atoms with E-state index in [0.717, 1.165) is 64.1 Å². The van der Waals surface area contributed by atoms with Gasteiger partial charge in [0, 0.05) is 44.4 Å². The summed E-state index contributed by atoms with van der Waals surface area (Å²) in [4.78, 5) is 13.9. The molecule has 0 saturated carbocycles. The van der Waals surface area contributed by atoms with Crippen molar-refractivity contribution < 1.29 is 14.4 Å². The van der Waals surface area contributed by atoms with Gasteiger partial charge in [-0.3, -0.25) is 9.80 Å². The zero-order valence-corrected chi connectivity index (χ0v) is 24.2. The van der Waals surface area contributed by atoms with E-state index in [9.17, 15) is 5.11 Å². The molecular weight excluding hydrogens is 550 g/mol. The van der Waals surface area contributed by atoms with Gasteiger partial charge >= 0.3 is 0 Å². The third-order valence-corrected chi connectivity index (χ3v) is 8.73. The number of aryl methyl sites for hydroxylation is 1. The van der Waals surface area contributed by atoms with Gasteiger partial charge in [-0.25, -0.2) is 4.98 Å². The van der Waals surface area contributed by atoms with Gasteiger partial charge < -0.3 is 25.0 Å². The molecule has 2 aliphatic rings. The van der Waals surface area contributed by atoms with E-state index in [1.54, 1.807) is 11.3 Å². The fourth-order valence-electron chi connectivity index (χ4n) is 5.66. The molecule has 0 unspecified atom stereocenters. The second-order valence-electron chi connectivity index (χ2n) is 10.8. The van der Waals surface area contributed by atoms with Gasteiger partial charge in [0.05, 0.1) is 33.1 Å². The highest BCUT2D eigenvalue weighted by molar-refractivity contribution is 7.18. The summed E-state index contributed by atoms with van der Waals surface area (Å²) in [5, 5.41) is 23.3. The van der Waals surface area contributed by atoms with Crippen LogP contribution in [0.25, 0.3) is 10.2 Å². The van der Waals surface area contributed by atoms with Crippen LogP contribution in [0.3, 0.4) is 0 Å². The van der Waals surface area contributed by atoms with Crippen LogP contribution in [0.1, 0.15) is 22.3 Å². The first-order valence-electron chi connectivity index (χ1n) is 14.2. The predicted molar refractivity (Wildman–Crippen MR) is 163 cm³/mol. The van der Waals surface area contributed by atoms with Crippen LogP contribution in [0.4, 0.5) is 11.4 Å². The first-order valence-corrected chi connectivity index (χ1v) is 15.0. The summed E-state index contributed by atoms with van der Waals surface area (Å²) in [6, 6.07) is 24.1. The molecule has 1 fully saturated rings. The SMILES string of the molecule is Cc1nc2cc(OC[C@@H](O)CN3CCN(Cc4nc(C5(c6ccccc6)Nc6ccccc6N5)no4)CC3)ccc2s1. The fraction of sp³-hybridized carbons (Fsp3) is 0.323. The number of fused-ring (bicyclic) bond motifs is 2. The number of ether oxygens (including phenoxy) is 1. The molecular formula is C31H33N7O3S. The van der Waals surface area contributed by atoms with Crippen molar-refractivity contribution in [1.82, 2.24) is 24.9 Å². The molecule has 5 aromatic rings. The maximum atomic E-state index is 10.6. The van der Waals surface area contributed by atoms with Crippen molar-refractivity contribution in [3.8, 4) is 5.75 Å². The quantitative estimate of drug-likeness (QED) is 0.232. The van der Waals surface area contributed by atoms with Gasteiger partial charge in [0.25, 0.3) is 0 Å². The number of nitrogens with zero attached hydrogens (tertiary/aromatic N) is 5. The minimum absolute atomic E-state index is 0.245. The Hall–Kier alpha value is -4.03. The fourth-order valence-corrected chi connectivity index (χ4v) is 6.47. The molecule has 2 aromatic heterocycles. The van der Waals surface area contributed by atoms with E-state index in [-0.39, 0.29) is 6.61 Å². The van der Waals surface area contributed by atoms with E-state index in [1.165, 1.54) is 0 Å². The zero-order chi connectivity index (χ0) is 28.5. The number of β-amino-alcohol motifs (C(OH)–C–C–N with tert-alkyl or cyclic N) is 1. The highest BCUT2D eigenvalue weighted by Gasteiger charge is 2.44. The molecule has 2 aliphatic heterocycles. The van der Waals surface area contributed by atoms with Gasteiger partial charge in [0.2, 0.25) is 11.7 Å². The monoisotopic (exact) mass is 583 g/mol. The van der Waals surface area contributed by atoms with Gasteiger partial charge in [0.1, 0.15) is 18.5 Å². The lowest BCUT2D eigenvalue weighted by molar-refractivity contribution is 0.0426. The lowest BCUT2D eigenvalue weighted by Gasteiger charge is -2.34. The third-order valence-electron chi connectivity index (χ3n) is 7.78. The molecule has 10 nitrogen and oxygen atoms in total. The number of hydrogen-bond donors (Lipinski definition) is 3. The van der Waals surface area contributed by atoms with Gasteiger partial charge in [-0.1, -0.05) is 47.6 Å². The Bertz CT molecular complexity index is 1640. The number of benzene rings is 3. The average Bonchev–Trinajstić information content (AvgIpc) is 3.74. The number of rotatable bonds is 9. The van der Waals surface area contributed by atoms with E-state index in [1.807, 2.05) is 67.6 Å². The summed E-state index contributed by atoms with van der Waals surface area (Å²) in [6.07, 6.45) is -0.576. The summed E-state index contributed by atoms with van der Waals surface area (Å²) < 4.78 is 12.8. The Morgan fingerprint density at radius 1 is 0.952 bits per heavy atom. The number of hydrogen-bond acceptors (Lipinski definition) is 11. The van der Waals surface area contributed by atoms with E-state index in [0.29, 0.717) is 24.8 Å².